The fraction of sp³-hybridized carbons (Fsp3) is 0.500. The molecule has 0 radical (unpaired) electrons. The van der Waals surface area contributed by atoms with Crippen LogP contribution in [0.3, 0.4) is 0 Å². The van der Waals surface area contributed by atoms with Gasteiger partial charge >= 0.3 is 0 Å². The monoisotopic (exact) mass is 366 g/mol. The Hall–Kier alpha value is 0.0900. The quantitative estimate of drug-likeness (QED) is 0.827. The van der Waals surface area contributed by atoms with E-state index >= 15 is 0 Å². The summed E-state index contributed by atoms with van der Waals surface area (Å²) in [6.07, 6.45) is 1.02. The molecular formula is C10H12Br2N2OS. The maximum Gasteiger partial charge on any atom is 0.255 e. The average molecular weight is 368 g/mol. The lowest BCUT2D eigenvalue weighted by molar-refractivity contribution is 0.0766. The first-order valence-electron chi connectivity index (χ1n) is 5.13. The Labute approximate surface area is 115 Å². The second kappa shape index (κ2) is 5.62. The number of halogens is 2. The molecule has 1 aliphatic heterocycles. The Balaban J connectivity index is 2.14. The normalized spacial score (nSPS) is 17.2. The highest BCUT2D eigenvalue weighted by molar-refractivity contribution is 9.12. The van der Waals surface area contributed by atoms with Gasteiger partial charge in [0.25, 0.3) is 5.91 Å². The van der Waals surface area contributed by atoms with Crippen LogP contribution in [0.15, 0.2) is 13.6 Å². The maximum atomic E-state index is 12.2. The molecule has 1 N–H and O–H groups in total. The molecule has 1 aliphatic rings. The molecule has 1 aromatic heterocycles. The van der Waals surface area contributed by atoms with Gasteiger partial charge < -0.3 is 10.2 Å². The van der Waals surface area contributed by atoms with Crippen LogP contribution in [0.2, 0.25) is 0 Å². The average Bonchev–Trinajstić information content (AvgIpc) is 2.49. The Morgan fingerprint density at radius 1 is 1.38 bits per heavy atom. The maximum absolute atomic E-state index is 12.2. The molecule has 0 atom stereocenters. The summed E-state index contributed by atoms with van der Waals surface area (Å²) >= 11 is 8.36. The van der Waals surface area contributed by atoms with Gasteiger partial charge in [-0.25, -0.2) is 0 Å². The number of carbonyl (C=O) groups excluding carboxylic acids is 1. The molecule has 0 saturated carbocycles. The van der Waals surface area contributed by atoms with Crippen LogP contribution in [0.5, 0.6) is 0 Å². The van der Waals surface area contributed by atoms with Crippen LogP contribution < -0.4 is 5.32 Å². The number of rotatable bonds is 1. The van der Waals surface area contributed by atoms with Crippen LogP contribution in [0, 0.1) is 0 Å². The van der Waals surface area contributed by atoms with Crippen LogP contribution in [-0.4, -0.2) is 37.0 Å². The second-order valence-electron chi connectivity index (χ2n) is 3.63. The fourth-order valence-electron chi connectivity index (χ4n) is 1.71. The van der Waals surface area contributed by atoms with Gasteiger partial charge in [0.1, 0.15) is 0 Å². The number of hydrogen-bond donors (Lipinski definition) is 1. The highest BCUT2D eigenvalue weighted by atomic mass is 79.9. The van der Waals surface area contributed by atoms with E-state index in [4.69, 9.17) is 0 Å². The minimum atomic E-state index is 0.123. The summed E-state index contributed by atoms with van der Waals surface area (Å²) in [4.78, 5) is 14.2. The van der Waals surface area contributed by atoms with Gasteiger partial charge in [0.15, 0.2) is 0 Å². The summed E-state index contributed by atoms with van der Waals surface area (Å²) in [6.45, 7) is 3.51. The SMILES string of the molecule is O=C(c1cc(Br)sc1Br)N1CCCNCC1. The standard InChI is InChI=1S/C10H12Br2N2OS/c11-8-6-7(9(12)16-8)10(15)14-4-1-2-13-3-5-14/h6,13H,1-5H2. The minimum Gasteiger partial charge on any atom is -0.337 e. The third-order valence-electron chi connectivity index (χ3n) is 2.51. The van der Waals surface area contributed by atoms with E-state index in [1.165, 1.54) is 11.3 Å². The van der Waals surface area contributed by atoms with Gasteiger partial charge in [-0.15, -0.1) is 11.3 Å². The van der Waals surface area contributed by atoms with Crippen LogP contribution in [0.25, 0.3) is 0 Å². The topological polar surface area (TPSA) is 32.3 Å². The Kier molecular flexibility index (Phi) is 4.41. The van der Waals surface area contributed by atoms with Crippen LogP contribution >= 0.6 is 43.2 Å². The van der Waals surface area contributed by atoms with E-state index in [-0.39, 0.29) is 5.91 Å². The molecule has 1 saturated heterocycles. The largest absolute Gasteiger partial charge is 0.337 e. The highest BCUT2D eigenvalue weighted by Gasteiger charge is 2.20. The van der Waals surface area contributed by atoms with Gasteiger partial charge in [-0.05, 0) is 50.9 Å². The van der Waals surface area contributed by atoms with Gasteiger partial charge in [0.05, 0.1) is 13.1 Å². The number of nitrogens with one attached hydrogen (secondary N) is 1. The van der Waals surface area contributed by atoms with Crippen molar-refractivity contribution in [3.05, 3.63) is 19.2 Å². The lowest BCUT2D eigenvalue weighted by atomic mass is 10.3. The summed E-state index contributed by atoms with van der Waals surface area (Å²) in [5.74, 6) is 0.123. The molecule has 6 heteroatoms. The highest BCUT2D eigenvalue weighted by Crippen LogP contribution is 2.32. The minimum absolute atomic E-state index is 0.123. The Morgan fingerprint density at radius 3 is 2.88 bits per heavy atom. The third kappa shape index (κ3) is 2.85. The first kappa shape index (κ1) is 12.5. The van der Waals surface area contributed by atoms with Crippen molar-refractivity contribution < 1.29 is 4.79 Å². The molecule has 2 rings (SSSR count). The molecule has 0 aromatic carbocycles. The van der Waals surface area contributed by atoms with Gasteiger partial charge in [-0.1, -0.05) is 0 Å². The predicted molar refractivity (Wildman–Crippen MR) is 73.1 cm³/mol. The van der Waals surface area contributed by atoms with E-state index in [0.717, 1.165) is 45.7 Å². The third-order valence-corrected chi connectivity index (χ3v) is 4.85. The molecule has 3 nitrogen and oxygen atoms in total. The molecule has 0 bridgehead atoms. The zero-order valence-electron chi connectivity index (χ0n) is 8.63. The number of nitrogens with zero attached hydrogens (tertiary/aromatic N) is 1. The molecule has 88 valence electrons. The van der Waals surface area contributed by atoms with E-state index in [1.54, 1.807) is 0 Å². The second-order valence-corrected chi connectivity index (χ2v) is 7.38. The molecule has 1 fully saturated rings. The molecule has 2 heterocycles. The Morgan fingerprint density at radius 2 is 2.19 bits per heavy atom. The molecule has 0 spiro atoms. The smallest absolute Gasteiger partial charge is 0.255 e. The summed E-state index contributed by atoms with van der Waals surface area (Å²) in [5.41, 5.74) is 0.763. The summed E-state index contributed by atoms with van der Waals surface area (Å²) in [5, 5.41) is 3.29. The molecule has 16 heavy (non-hydrogen) atoms. The van der Waals surface area contributed by atoms with E-state index in [1.807, 2.05) is 11.0 Å². The molecule has 0 unspecified atom stereocenters. The molecule has 0 aliphatic carbocycles. The molecule has 1 aromatic rings. The van der Waals surface area contributed by atoms with Crippen LogP contribution in [0.1, 0.15) is 16.8 Å². The van der Waals surface area contributed by atoms with E-state index in [9.17, 15) is 4.79 Å². The van der Waals surface area contributed by atoms with Crippen molar-refractivity contribution in [3.8, 4) is 0 Å². The van der Waals surface area contributed by atoms with Crippen LogP contribution in [0.4, 0.5) is 0 Å². The number of carbonyl (C=O) groups is 1. The summed E-state index contributed by atoms with van der Waals surface area (Å²) in [6, 6.07) is 1.88. The number of amides is 1. The number of hydrogen-bond acceptors (Lipinski definition) is 3. The molecule has 1 amide bonds. The van der Waals surface area contributed by atoms with Crippen LogP contribution in [-0.2, 0) is 0 Å². The van der Waals surface area contributed by atoms with Crippen molar-refractivity contribution >= 4 is 49.1 Å². The van der Waals surface area contributed by atoms with E-state index < -0.39 is 0 Å². The molecular weight excluding hydrogens is 356 g/mol. The number of thiophene rings is 1. The van der Waals surface area contributed by atoms with Crippen molar-refractivity contribution in [2.45, 2.75) is 6.42 Å². The van der Waals surface area contributed by atoms with Gasteiger partial charge in [-0.2, -0.15) is 0 Å². The Bertz CT molecular complexity index is 386. The fourth-order valence-corrected chi connectivity index (χ4v) is 4.48. The lowest BCUT2D eigenvalue weighted by Crippen LogP contribution is -2.34. The van der Waals surface area contributed by atoms with Crippen molar-refractivity contribution in [2.24, 2.45) is 0 Å². The van der Waals surface area contributed by atoms with Crippen molar-refractivity contribution in [3.63, 3.8) is 0 Å². The van der Waals surface area contributed by atoms with E-state index in [2.05, 4.69) is 37.2 Å². The first-order chi connectivity index (χ1) is 7.68. The van der Waals surface area contributed by atoms with Crippen molar-refractivity contribution in [1.82, 2.24) is 10.2 Å². The lowest BCUT2D eigenvalue weighted by Gasteiger charge is -2.19. The van der Waals surface area contributed by atoms with Crippen molar-refractivity contribution in [2.75, 3.05) is 26.2 Å². The zero-order valence-corrected chi connectivity index (χ0v) is 12.6. The summed E-state index contributed by atoms with van der Waals surface area (Å²) in [7, 11) is 0. The zero-order chi connectivity index (χ0) is 11.5. The predicted octanol–water partition coefficient (Wildman–Crippen LogP) is 2.71. The van der Waals surface area contributed by atoms with Gasteiger partial charge in [0.2, 0.25) is 0 Å². The van der Waals surface area contributed by atoms with Crippen molar-refractivity contribution in [1.29, 1.82) is 0 Å². The summed E-state index contributed by atoms with van der Waals surface area (Å²) < 4.78 is 1.89. The first-order valence-corrected chi connectivity index (χ1v) is 7.53. The van der Waals surface area contributed by atoms with Gasteiger partial charge in [-0.3, -0.25) is 4.79 Å². The van der Waals surface area contributed by atoms with E-state index in [0.29, 0.717) is 0 Å². The van der Waals surface area contributed by atoms with Gasteiger partial charge in [0, 0.05) is 19.6 Å².